The fourth-order valence-electron chi connectivity index (χ4n) is 6.50. The van der Waals surface area contributed by atoms with Gasteiger partial charge in [0.05, 0.1) is 23.3 Å². The van der Waals surface area contributed by atoms with Gasteiger partial charge >= 0.3 is 0 Å². The molecular formula is C26H29FN4O8. The van der Waals surface area contributed by atoms with Crippen LogP contribution in [0.25, 0.3) is 0 Å². The van der Waals surface area contributed by atoms with Crippen molar-refractivity contribution in [1.29, 1.82) is 0 Å². The zero-order chi connectivity index (χ0) is 28.9. The van der Waals surface area contributed by atoms with Crippen molar-refractivity contribution in [2.24, 2.45) is 17.6 Å². The largest absolute Gasteiger partial charge is 0.510 e. The first-order valence-corrected chi connectivity index (χ1v) is 12.4. The number of aromatic hydroxyl groups is 1. The number of Topliss-reactive ketones (excluding diaryl/α,β-unsaturated/α-hetero) is 2. The average molecular weight is 545 g/mol. The summed E-state index contributed by atoms with van der Waals surface area (Å²) in [6.07, 6.45) is -0.342. The molecule has 0 saturated carbocycles. The second-order valence-corrected chi connectivity index (χ2v) is 10.9. The van der Waals surface area contributed by atoms with E-state index in [1.807, 2.05) is 0 Å². The van der Waals surface area contributed by atoms with Gasteiger partial charge in [-0.05, 0) is 46.8 Å². The summed E-state index contributed by atoms with van der Waals surface area (Å²) in [6.45, 7) is 1.56. The lowest BCUT2D eigenvalue weighted by Gasteiger charge is -2.50. The molecule has 5 atom stereocenters. The molecule has 1 aromatic rings. The van der Waals surface area contributed by atoms with Gasteiger partial charge in [-0.2, -0.15) is 0 Å². The zero-order valence-corrected chi connectivity index (χ0v) is 21.7. The second kappa shape index (κ2) is 8.60. The van der Waals surface area contributed by atoms with Gasteiger partial charge < -0.3 is 31.5 Å². The van der Waals surface area contributed by atoms with Crippen molar-refractivity contribution in [3.8, 4) is 5.75 Å². The normalized spacial score (nSPS) is 30.9. The van der Waals surface area contributed by atoms with Crippen LogP contribution < -0.4 is 11.1 Å². The van der Waals surface area contributed by atoms with Crippen LogP contribution in [0.4, 0.5) is 10.1 Å². The molecule has 1 heterocycles. The molecule has 0 bridgehead atoms. The van der Waals surface area contributed by atoms with E-state index in [0.717, 1.165) is 0 Å². The van der Waals surface area contributed by atoms with E-state index in [1.54, 1.807) is 18.9 Å². The monoisotopic (exact) mass is 544 g/mol. The van der Waals surface area contributed by atoms with E-state index in [2.05, 4.69) is 5.32 Å². The molecule has 4 aliphatic rings. The van der Waals surface area contributed by atoms with E-state index >= 15 is 4.39 Å². The summed E-state index contributed by atoms with van der Waals surface area (Å²) >= 11 is 0. The Bertz CT molecular complexity index is 1450. The predicted molar refractivity (Wildman–Crippen MR) is 133 cm³/mol. The quantitative estimate of drug-likeness (QED) is 0.219. The number of aliphatic hydroxyl groups is 3. The number of amides is 2. The summed E-state index contributed by atoms with van der Waals surface area (Å²) in [5.74, 6) is -9.58. The number of nitrogens with one attached hydrogen (secondary N) is 1. The number of phenols is 1. The standard InChI is InChI=1S/C26H29FN4O8/c1-8-25(38)29-17-11(7-31(8)4)16(27)10-5-9-6-12-18(30(2)3)21(34)15(24(28)37)23(36)26(12,39)22(35)13(9)19(32)14(10)20(17)33/h8-9,12,18,33-35,39H,5-7H2,1-4H3,(H2,28,37)(H,29,38)/t8-,9+,12+,18+,26+/m1/s1. The third kappa shape index (κ3) is 3.39. The summed E-state index contributed by atoms with van der Waals surface area (Å²) in [5, 5.41) is 47.4. The van der Waals surface area contributed by atoms with Crippen LogP contribution in [0.15, 0.2) is 22.7 Å². The van der Waals surface area contributed by atoms with Crippen LogP contribution in [0.3, 0.4) is 0 Å². The molecule has 208 valence electrons. The predicted octanol–water partition coefficient (Wildman–Crippen LogP) is 0.0321. The minimum absolute atomic E-state index is 0.00564. The highest BCUT2D eigenvalue weighted by Gasteiger charge is 2.63. The number of aliphatic hydroxyl groups excluding tert-OH is 2. The van der Waals surface area contributed by atoms with Crippen LogP contribution in [0.2, 0.25) is 0 Å². The number of phenolic OH excluding ortho intramolecular Hbond substituents is 1. The summed E-state index contributed by atoms with van der Waals surface area (Å²) in [6, 6.07) is -1.81. The molecule has 2 amide bonds. The van der Waals surface area contributed by atoms with Crippen molar-refractivity contribution >= 4 is 29.1 Å². The van der Waals surface area contributed by atoms with Crippen LogP contribution >= 0.6 is 0 Å². The molecule has 0 fully saturated rings. The van der Waals surface area contributed by atoms with E-state index < -0.39 is 92.7 Å². The number of carbonyl (C=O) groups is 4. The van der Waals surface area contributed by atoms with Gasteiger partial charge in [-0.15, -0.1) is 0 Å². The van der Waals surface area contributed by atoms with E-state index in [0.29, 0.717) is 0 Å². The number of anilines is 1. The smallest absolute Gasteiger partial charge is 0.255 e. The molecule has 0 saturated heterocycles. The molecule has 0 unspecified atom stereocenters. The summed E-state index contributed by atoms with van der Waals surface area (Å²) in [4.78, 5) is 54.8. The Morgan fingerprint density at radius 2 is 1.82 bits per heavy atom. The Labute approximate surface area is 222 Å². The third-order valence-corrected chi connectivity index (χ3v) is 8.62. The maximum absolute atomic E-state index is 16.0. The number of likely N-dealkylation sites (N-methyl/N-ethyl adjacent to an activating group) is 2. The van der Waals surface area contributed by atoms with Crippen LogP contribution in [0.1, 0.15) is 34.8 Å². The molecule has 39 heavy (non-hydrogen) atoms. The fourth-order valence-corrected chi connectivity index (χ4v) is 6.50. The van der Waals surface area contributed by atoms with Crippen LogP contribution in [-0.4, -0.2) is 92.4 Å². The molecule has 1 aromatic carbocycles. The highest BCUT2D eigenvalue weighted by Crippen LogP contribution is 2.53. The van der Waals surface area contributed by atoms with Crippen molar-refractivity contribution < 1.29 is 44.0 Å². The van der Waals surface area contributed by atoms with Gasteiger partial charge in [0.25, 0.3) is 5.91 Å². The van der Waals surface area contributed by atoms with Gasteiger partial charge in [-0.1, -0.05) is 0 Å². The van der Waals surface area contributed by atoms with Crippen LogP contribution in [-0.2, 0) is 27.3 Å². The molecule has 7 N–H and O–H groups in total. The number of rotatable bonds is 2. The molecule has 1 aliphatic heterocycles. The number of nitrogens with two attached hydrogens (primary N) is 1. The average Bonchev–Trinajstić information content (AvgIpc) is 2.96. The first-order chi connectivity index (χ1) is 18.1. The van der Waals surface area contributed by atoms with E-state index in [-0.39, 0.29) is 36.2 Å². The Morgan fingerprint density at radius 3 is 2.41 bits per heavy atom. The van der Waals surface area contributed by atoms with Crippen molar-refractivity contribution in [3.05, 3.63) is 45.2 Å². The van der Waals surface area contributed by atoms with Gasteiger partial charge in [0.1, 0.15) is 22.9 Å². The Hall–Kier alpha value is -3.81. The number of halogens is 1. The minimum Gasteiger partial charge on any atom is -0.510 e. The van der Waals surface area contributed by atoms with Gasteiger partial charge in [0, 0.05) is 29.2 Å². The Kier molecular flexibility index (Phi) is 5.90. The summed E-state index contributed by atoms with van der Waals surface area (Å²) < 4.78 is 16.0. The van der Waals surface area contributed by atoms with Crippen LogP contribution in [0.5, 0.6) is 5.75 Å². The lowest BCUT2D eigenvalue weighted by Crippen LogP contribution is -2.63. The van der Waals surface area contributed by atoms with Crippen molar-refractivity contribution in [1.82, 2.24) is 9.80 Å². The topological polar surface area (TPSA) is 194 Å². The number of benzene rings is 1. The second-order valence-electron chi connectivity index (χ2n) is 10.9. The number of hydrogen-bond acceptors (Lipinski definition) is 10. The molecule has 12 nitrogen and oxygen atoms in total. The van der Waals surface area contributed by atoms with Gasteiger partial charge in [-0.25, -0.2) is 4.39 Å². The number of primary amides is 1. The van der Waals surface area contributed by atoms with E-state index in [1.165, 1.54) is 19.0 Å². The first kappa shape index (κ1) is 26.8. The van der Waals surface area contributed by atoms with Crippen LogP contribution in [0, 0.1) is 17.7 Å². The molecular weight excluding hydrogens is 515 g/mol. The molecule has 3 aliphatic carbocycles. The number of nitrogens with zero attached hydrogens (tertiary/aromatic N) is 2. The number of ketones is 2. The van der Waals surface area contributed by atoms with Crippen molar-refractivity contribution in [2.75, 3.05) is 26.5 Å². The highest BCUT2D eigenvalue weighted by molar-refractivity contribution is 6.25. The van der Waals surface area contributed by atoms with Crippen molar-refractivity contribution in [2.45, 2.75) is 44.0 Å². The molecule has 0 radical (unpaired) electrons. The van der Waals surface area contributed by atoms with Gasteiger partial charge in [-0.3, -0.25) is 29.0 Å². The third-order valence-electron chi connectivity index (χ3n) is 8.62. The van der Waals surface area contributed by atoms with Gasteiger partial charge in [0.2, 0.25) is 11.7 Å². The minimum atomic E-state index is -2.79. The number of fused-ring (bicyclic) bond motifs is 4. The maximum Gasteiger partial charge on any atom is 0.255 e. The Morgan fingerprint density at radius 1 is 1.18 bits per heavy atom. The number of allylic oxidation sites excluding steroid dienone is 1. The number of hydrogen-bond donors (Lipinski definition) is 6. The molecule has 0 spiro atoms. The molecule has 5 rings (SSSR count). The first-order valence-electron chi connectivity index (χ1n) is 12.4. The van der Waals surface area contributed by atoms with Crippen molar-refractivity contribution in [3.63, 3.8) is 0 Å². The van der Waals surface area contributed by atoms with E-state index in [9.17, 15) is 39.6 Å². The zero-order valence-electron chi connectivity index (χ0n) is 21.7. The number of carbonyl (C=O) groups excluding carboxylic acids is 4. The lowest BCUT2D eigenvalue weighted by molar-refractivity contribution is -0.148. The van der Waals surface area contributed by atoms with E-state index in [4.69, 9.17) is 5.73 Å². The van der Waals surface area contributed by atoms with Gasteiger partial charge in [0.15, 0.2) is 17.1 Å². The molecule has 13 heteroatoms. The lowest BCUT2D eigenvalue weighted by atomic mass is 9.58. The summed E-state index contributed by atoms with van der Waals surface area (Å²) in [5.41, 5.74) is 0.312. The summed E-state index contributed by atoms with van der Waals surface area (Å²) in [7, 11) is 4.65. The Balaban J connectivity index is 1.73. The SMILES string of the molecule is C[C@@H]1C(=O)Nc2c(O)c3c(c(F)c2CN1C)C[C@H]1C[C@H]2[C@H](N(C)C)C(O)=C(C(N)=O)C(=O)[C@@]2(O)C(O)=C1C3=O. The fraction of sp³-hybridized carbons (Fsp3) is 0.462. The molecule has 0 aromatic heterocycles. The highest BCUT2D eigenvalue weighted by atomic mass is 19.1. The maximum atomic E-state index is 16.0.